The monoisotopic (exact) mass is 274 g/mol. The first-order valence-corrected chi connectivity index (χ1v) is 7.12. The maximum Gasteiger partial charge on any atom is 0.123 e. The first-order chi connectivity index (χ1) is 9.90. The van der Waals surface area contributed by atoms with E-state index in [9.17, 15) is 0 Å². The summed E-state index contributed by atoms with van der Waals surface area (Å²) >= 11 is 0. The van der Waals surface area contributed by atoms with Gasteiger partial charge in [-0.1, -0.05) is 6.92 Å². The van der Waals surface area contributed by atoms with E-state index in [1.165, 1.54) is 5.56 Å². The lowest BCUT2D eigenvalue weighted by Crippen LogP contribution is -2.12. The van der Waals surface area contributed by atoms with Gasteiger partial charge in [0, 0.05) is 24.6 Å². The van der Waals surface area contributed by atoms with E-state index in [4.69, 9.17) is 9.15 Å². The molecule has 108 valence electrons. The lowest BCUT2D eigenvalue weighted by atomic mass is 10.1. The van der Waals surface area contributed by atoms with Crippen molar-refractivity contribution in [2.45, 2.75) is 32.9 Å². The van der Waals surface area contributed by atoms with Crippen LogP contribution >= 0.6 is 0 Å². The van der Waals surface area contributed by atoms with Crippen LogP contribution in [0.2, 0.25) is 0 Å². The Bertz CT molecular complexity index is 482. The van der Waals surface area contributed by atoms with E-state index in [-0.39, 0.29) is 0 Å². The van der Waals surface area contributed by atoms with Crippen molar-refractivity contribution in [1.82, 2.24) is 10.3 Å². The van der Waals surface area contributed by atoms with Crippen LogP contribution in [0, 0.1) is 0 Å². The zero-order chi connectivity index (χ0) is 14.0. The van der Waals surface area contributed by atoms with Gasteiger partial charge in [-0.2, -0.15) is 0 Å². The lowest BCUT2D eigenvalue weighted by molar-refractivity contribution is 0.117. The number of hydrogen-bond donors (Lipinski definition) is 1. The number of ether oxygens (including phenoxy) is 1. The summed E-state index contributed by atoms with van der Waals surface area (Å²) in [4.78, 5) is 4.01. The van der Waals surface area contributed by atoms with Gasteiger partial charge >= 0.3 is 0 Å². The fourth-order valence-corrected chi connectivity index (χ4v) is 2.00. The van der Waals surface area contributed by atoms with Gasteiger partial charge in [0.25, 0.3) is 0 Å². The smallest absolute Gasteiger partial charge is 0.123 e. The van der Waals surface area contributed by atoms with E-state index in [1.807, 2.05) is 30.6 Å². The van der Waals surface area contributed by atoms with Gasteiger partial charge in [-0.3, -0.25) is 4.98 Å². The van der Waals surface area contributed by atoms with Crippen LogP contribution in [0.4, 0.5) is 0 Å². The highest BCUT2D eigenvalue weighted by atomic mass is 16.5. The highest BCUT2D eigenvalue weighted by molar-refractivity contribution is 5.15. The molecule has 0 aliphatic heterocycles. The number of aromatic nitrogens is 1. The molecule has 0 aliphatic carbocycles. The molecular weight excluding hydrogens is 252 g/mol. The molecule has 0 radical (unpaired) electrons. The van der Waals surface area contributed by atoms with Gasteiger partial charge in [-0.15, -0.1) is 0 Å². The average molecular weight is 274 g/mol. The van der Waals surface area contributed by atoms with Crippen LogP contribution < -0.4 is 5.32 Å². The van der Waals surface area contributed by atoms with Gasteiger partial charge < -0.3 is 14.5 Å². The molecule has 0 saturated heterocycles. The maximum absolute atomic E-state index is 5.72. The molecule has 2 aromatic rings. The molecule has 0 atom stereocenters. The second-order valence-electron chi connectivity index (χ2n) is 4.66. The number of rotatable bonds is 9. The number of furan rings is 1. The Kier molecular flexibility index (Phi) is 6.27. The molecule has 20 heavy (non-hydrogen) atoms. The predicted molar refractivity (Wildman–Crippen MR) is 78.3 cm³/mol. The fourth-order valence-electron chi connectivity index (χ4n) is 2.00. The van der Waals surface area contributed by atoms with E-state index < -0.39 is 0 Å². The molecule has 2 heterocycles. The minimum Gasteiger partial charge on any atom is -0.468 e. The van der Waals surface area contributed by atoms with E-state index in [1.54, 1.807) is 6.26 Å². The van der Waals surface area contributed by atoms with Crippen molar-refractivity contribution in [2.24, 2.45) is 0 Å². The van der Waals surface area contributed by atoms with Gasteiger partial charge in [0.1, 0.15) is 5.76 Å². The van der Waals surface area contributed by atoms with Crippen molar-refractivity contribution in [3.05, 3.63) is 53.7 Å². The van der Waals surface area contributed by atoms with Gasteiger partial charge in [0.15, 0.2) is 0 Å². The van der Waals surface area contributed by atoms with Crippen molar-refractivity contribution in [3.63, 3.8) is 0 Å². The molecule has 0 aromatic carbocycles. The highest BCUT2D eigenvalue weighted by Crippen LogP contribution is 2.12. The molecule has 0 aliphatic rings. The molecule has 0 saturated carbocycles. The number of nitrogens with zero attached hydrogens (tertiary/aromatic N) is 1. The molecule has 0 unspecified atom stereocenters. The third-order valence-corrected chi connectivity index (χ3v) is 3.13. The molecular formula is C16H22N2O2. The summed E-state index contributed by atoms with van der Waals surface area (Å²) in [7, 11) is 0. The Morgan fingerprint density at radius 1 is 1.25 bits per heavy atom. The summed E-state index contributed by atoms with van der Waals surface area (Å²) in [6.45, 7) is 5.16. The number of aryl methyl sites for hydroxylation is 1. The lowest BCUT2D eigenvalue weighted by Gasteiger charge is -2.05. The molecule has 0 spiro atoms. The predicted octanol–water partition coefficient (Wildman–Crippen LogP) is 2.93. The third kappa shape index (κ3) is 4.79. The van der Waals surface area contributed by atoms with Crippen molar-refractivity contribution in [3.8, 4) is 0 Å². The van der Waals surface area contributed by atoms with Crippen molar-refractivity contribution < 1.29 is 9.15 Å². The van der Waals surface area contributed by atoms with Gasteiger partial charge in [0.2, 0.25) is 0 Å². The van der Waals surface area contributed by atoms with Crippen LogP contribution in [0.5, 0.6) is 0 Å². The Labute approximate surface area is 120 Å². The zero-order valence-electron chi connectivity index (χ0n) is 12.0. The molecule has 2 rings (SSSR count). The van der Waals surface area contributed by atoms with Crippen LogP contribution in [-0.4, -0.2) is 18.1 Å². The molecule has 0 bridgehead atoms. The van der Waals surface area contributed by atoms with Crippen LogP contribution in [0.3, 0.4) is 0 Å². The number of pyridine rings is 1. The van der Waals surface area contributed by atoms with Gasteiger partial charge in [-0.25, -0.2) is 0 Å². The van der Waals surface area contributed by atoms with E-state index in [0.29, 0.717) is 6.61 Å². The third-order valence-electron chi connectivity index (χ3n) is 3.13. The van der Waals surface area contributed by atoms with E-state index >= 15 is 0 Å². The Hall–Kier alpha value is -1.65. The largest absolute Gasteiger partial charge is 0.468 e. The minimum absolute atomic E-state index is 0.619. The first-order valence-electron chi connectivity index (χ1n) is 7.12. The second-order valence-corrected chi connectivity index (χ2v) is 4.66. The summed E-state index contributed by atoms with van der Waals surface area (Å²) in [5.41, 5.74) is 2.44. The average Bonchev–Trinajstić information content (AvgIpc) is 2.93. The summed E-state index contributed by atoms with van der Waals surface area (Å²) in [6.07, 6.45) is 7.42. The fraction of sp³-hybridized carbons (Fsp3) is 0.438. The first kappa shape index (κ1) is 14.8. The molecule has 4 nitrogen and oxygen atoms in total. The second kappa shape index (κ2) is 8.51. The quantitative estimate of drug-likeness (QED) is 0.714. The van der Waals surface area contributed by atoms with Crippen LogP contribution in [-0.2, 0) is 24.3 Å². The van der Waals surface area contributed by atoms with E-state index in [2.05, 4.69) is 17.2 Å². The Morgan fingerprint density at radius 2 is 2.10 bits per heavy atom. The topological polar surface area (TPSA) is 47.3 Å². The standard InChI is InChI=1S/C16H22N2O2/c1-2-17-12-16-15(7-11-20-16)13-19-10-3-4-14-5-8-18-9-6-14/h5-9,11,17H,2-4,10,12-13H2,1H3. The molecule has 0 amide bonds. The van der Waals surface area contributed by atoms with Gasteiger partial charge in [-0.05, 0) is 43.1 Å². The summed E-state index contributed by atoms with van der Waals surface area (Å²) in [5.74, 6) is 0.973. The van der Waals surface area contributed by atoms with Crippen molar-refractivity contribution >= 4 is 0 Å². The SMILES string of the molecule is CCNCc1occc1COCCCc1ccncc1. The van der Waals surface area contributed by atoms with Crippen molar-refractivity contribution in [1.29, 1.82) is 0 Å². The molecule has 1 N–H and O–H groups in total. The Morgan fingerprint density at radius 3 is 2.90 bits per heavy atom. The van der Waals surface area contributed by atoms with Crippen LogP contribution in [0.15, 0.2) is 41.3 Å². The molecule has 4 heteroatoms. The van der Waals surface area contributed by atoms with Crippen LogP contribution in [0.1, 0.15) is 30.2 Å². The number of nitrogens with one attached hydrogen (secondary N) is 1. The van der Waals surface area contributed by atoms with Gasteiger partial charge in [0.05, 0.1) is 19.4 Å². The highest BCUT2D eigenvalue weighted by Gasteiger charge is 2.05. The van der Waals surface area contributed by atoms with Crippen LogP contribution in [0.25, 0.3) is 0 Å². The van der Waals surface area contributed by atoms with E-state index in [0.717, 1.165) is 43.9 Å². The minimum atomic E-state index is 0.619. The summed E-state index contributed by atoms with van der Waals surface area (Å²) < 4.78 is 11.2. The molecule has 0 fully saturated rings. The summed E-state index contributed by atoms with van der Waals surface area (Å²) in [5, 5.41) is 3.26. The van der Waals surface area contributed by atoms with Crippen molar-refractivity contribution in [2.75, 3.05) is 13.2 Å². The maximum atomic E-state index is 5.72. The zero-order valence-corrected chi connectivity index (χ0v) is 12.0. The number of hydrogen-bond acceptors (Lipinski definition) is 4. The normalized spacial score (nSPS) is 10.8. The summed E-state index contributed by atoms with van der Waals surface area (Å²) in [6, 6.07) is 6.07. The Balaban J connectivity index is 1.65. The molecule has 2 aromatic heterocycles.